The Morgan fingerprint density at radius 2 is 2.06 bits per heavy atom. The second kappa shape index (κ2) is 3.95. The number of halogens is 1. The fourth-order valence-corrected chi connectivity index (χ4v) is 1.60. The number of benzene rings is 1. The zero-order chi connectivity index (χ0) is 12.5. The normalized spacial score (nSPS) is 10.7. The van der Waals surface area contributed by atoms with Gasteiger partial charge in [0.05, 0.1) is 12.0 Å². The van der Waals surface area contributed by atoms with Crippen LogP contribution in [0.25, 0.3) is 11.2 Å². The number of hydrogen-bond donors (Lipinski definition) is 3. The lowest BCUT2D eigenvalue weighted by molar-refractivity contribution is 0.433. The molecule has 0 unspecified atom stereocenters. The van der Waals surface area contributed by atoms with E-state index < -0.39 is 11.8 Å². The van der Waals surface area contributed by atoms with Gasteiger partial charge in [0, 0.05) is 0 Å². The second-order valence-corrected chi connectivity index (χ2v) is 3.58. The van der Waals surface area contributed by atoms with E-state index in [1.54, 1.807) is 18.2 Å². The molecule has 0 aliphatic rings. The SMILES string of the molecule is Oc1nc(Nc2ccccc2F)c2nc[nH]c2n1. The van der Waals surface area contributed by atoms with Gasteiger partial charge in [-0.2, -0.15) is 9.97 Å². The van der Waals surface area contributed by atoms with Gasteiger partial charge in [0.1, 0.15) is 5.82 Å². The second-order valence-electron chi connectivity index (χ2n) is 3.58. The Morgan fingerprint density at radius 1 is 1.22 bits per heavy atom. The molecule has 0 amide bonds. The predicted octanol–water partition coefficient (Wildman–Crippen LogP) is 1.94. The highest BCUT2D eigenvalue weighted by molar-refractivity contribution is 5.85. The number of nitrogens with one attached hydrogen (secondary N) is 2. The van der Waals surface area contributed by atoms with Crippen molar-refractivity contribution in [2.75, 3.05) is 5.32 Å². The molecule has 18 heavy (non-hydrogen) atoms. The van der Waals surface area contributed by atoms with Crippen molar-refractivity contribution in [2.24, 2.45) is 0 Å². The number of hydrogen-bond acceptors (Lipinski definition) is 5. The topological polar surface area (TPSA) is 86.7 Å². The van der Waals surface area contributed by atoms with Gasteiger partial charge < -0.3 is 15.4 Å². The standard InChI is InChI=1S/C11H8FN5O/c12-6-3-1-2-4-7(6)15-10-8-9(14-5-13-8)16-11(18)17-10/h1-5H,(H3,13,14,15,16,17,18). The van der Waals surface area contributed by atoms with Crippen LogP contribution in [0, 0.1) is 5.82 Å². The summed E-state index contributed by atoms with van der Waals surface area (Å²) in [6, 6.07) is 5.75. The summed E-state index contributed by atoms with van der Waals surface area (Å²) in [6.07, 6.45) is 1.42. The van der Waals surface area contributed by atoms with Crippen molar-refractivity contribution < 1.29 is 9.50 Å². The van der Waals surface area contributed by atoms with Crippen LogP contribution in [0.3, 0.4) is 0 Å². The van der Waals surface area contributed by atoms with Crippen molar-refractivity contribution in [1.29, 1.82) is 0 Å². The summed E-state index contributed by atoms with van der Waals surface area (Å²) in [4.78, 5) is 14.3. The molecule has 3 aromatic rings. The first-order valence-corrected chi connectivity index (χ1v) is 5.15. The highest BCUT2D eigenvalue weighted by atomic mass is 19.1. The molecule has 7 heteroatoms. The Kier molecular flexibility index (Phi) is 2.30. The average molecular weight is 245 g/mol. The lowest BCUT2D eigenvalue weighted by Gasteiger charge is -2.06. The number of H-pyrrole nitrogens is 1. The minimum absolute atomic E-state index is 0.240. The molecule has 0 saturated heterocycles. The summed E-state index contributed by atoms with van der Waals surface area (Å²) in [5.74, 6) is -0.178. The quantitative estimate of drug-likeness (QED) is 0.642. The number of fused-ring (bicyclic) bond motifs is 1. The van der Waals surface area contributed by atoms with Gasteiger partial charge >= 0.3 is 6.01 Å². The Hall–Kier alpha value is -2.70. The van der Waals surface area contributed by atoms with Gasteiger partial charge in [0.2, 0.25) is 0 Å². The largest absolute Gasteiger partial charge is 0.479 e. The molecule has 0 aliphatic heterocycles. The molecule has 0 atom stereocenters. The monoisotopic (exact) mass is 245 g/mol. The highest BCUT2D eigenvalue weighted by Crippen LogP contribution is 2.24. The van der Waals surface area contributed by atoms with Crippen LogP contribution in [0.15, 0.2) is 30.6 Å². The molecule has 0 bridgehead atoms. The van der Waals surface area contributed by atoms with E-state index >= 15 is 0 Å². The Labute approximate surface area is 101 Å². The molecule has 6 nitrogen and oxygen atoms in total. The molecule has 0 fully saturated rings. The van der Waals surface area contributed by atoms with E-state index in [2.05, 4.69) is 25.3 Å². The third-order valence-electron chi connectivity index (χ3n) is 2.39. The fraction of sp³-hybridized carbons (Fsp3) is 0. The number of aromatic amines is 1. The molecule has 0 radical (unpaired) electrons. The maximum atomic E-state index is 13.5. The number of aromatic hydroxyl groups is 1. The zero-order valence-corrected chi connectivity index (χ0v) is 9.05. The molecular formula is C11H8FN5O. The van der Waals surface area contributed by atoms with Crippen molar-refractivity contribution >= 4 is 22.7 Å². The first kappa shape index (κ1) is 10.5. The first-order valence-electron chi connectivity index (χ1n) is 5.15. The summed E-state index contributed by atoms with van der Waals surface area (Å²) < 4.78 is 13.5. The average Bonchev–Trinajstić information content (AvgIpc) is 2.80. The van der Waals surface area contributed by atoms with Crippen LogP contribution in [0.4, 0.5) is 15.9 Å². The number of para-hydroxylation sites is 1. The van der Waals surface area contributed by atoms with E-state index in [9.17, 15) is 9.50 Å². The van der Waals surface area contributed by atoms with Crippen LogP contribution in [0.1, 0.15) is 0 Å². The number of anilines is 2. The van der Waals surface area contributed by atoms with Crippen molar-refractivity contribution in [2.45, 2.75) is 0 Å². The Bertz CT molecular complexity index is 711. The lowest BCUT2D eigenvalue weighted by Crippen LogP contribution is -1.98. The minimum Gasteiger partial charge on any atom is -0.479 e. The lowest BCUT2D eigenvalue weighted by atomic mass is 10.3. The summed E-state index contributed by atoms with van der Waals surface area (Å²) in [5.41, 5.74) is 1.05. The van der Waals surface area contributed by atoms with Crippen molar-refractivity contribution in [3.05, 3.63) is 36.4 Å². The van der Waals surface area contributed by atoms with Crippen LogP contribution in [0.5, 0.6) is 6.01 Å². The van der Waals surface area contributed by atoms with Gasteiger partial charge in [-0.15, -0.1) is 0 Å². The molecule has 3 rings (SSSR count). The van der Waals surface area contributed by atoms with E-state index in [0.29, 0.717) is 11.2 Å². The number of rotatable bonds is 2. The summed E-state index contributed by atoms with van der Waals surface area (Å²) >= 11 is 0. The summed E-state index contributed by atoms with van der Waals surface area (Å²) in [5, 5.41) is 12.1. The molecule has 90 valence electrons. The van der Waals surface area contributed by atoms with Crippen molar-refractivity contribution in [1.82, 2.24) is 19.9 Å². The van der Waals surface area contributed by atoms with E-state index in [0.717, 1.165) is 0 Å². The Morgan fingerprint density at radius 3 is 2.89 bits per heavy atom. The third kappa shape index (κ3) is 1.71. The molecule has 1 aromatic carbocycles. The van der Waals surface area contributed by atoms with E-state index in [1.807, 2.05) is 0 Å². The molecule has 0 spiro atoms. The van der Waals surface area contributed by atoms with Crippen molar-refractivity contribution in [3.8, 4) is 6.01 Å². The third-order valence-corrected chi connectivity index (χ3v) is 2.39. The number of aromatic nitrogens is 4. The molecule has 3 N–H and O–H groups in total. The van der Waals surface area contributed by atoms with Gasteiger partial charge in [-0.3, -0.25) is 0 Å². The van der Waals surface area contributed by atoms with Crippen LogP contribution < -0.4 is 5.32 Å². The molecule has 2 aromatic heterocycles. The van der Waals surface area contributed by atoms with Crippen LogP contribution in [-0.2, 0) is 0 Å². The Balaban J connectivity index is 2.10. The molecular weight excluding hydrogens is 237 g/mol. The summed E-state index contributed by atoms with van der Waals surface area (Å²) in [6.45, 7) is 0. The minimum atomic E-state index is -0.417. The first-order chi connectivity index (χ1) is 8.74. The van der Waals surface area contributed by atoms with Crippen LogP contribution >= 0.6 is 0 Å². The zero-order valence-electron chi connectivity index (χ0n) is 9.05. The molecule has 0 aliphatic carbocycles. The van der Waals surface area contributed by atoms with Crippen molar-refractivity contribution in [3.63, 3.8) is 0 Å². The van der Waals surface area contributed by atoms with Gasteiger partial charge in [-0.05, 0) is 12.1 Å². The molecule has 0 saturated carbocycles. The van der Waals surface area contributed by atoms with E-state index in [-0.39, 0.29) is 11.5 Å². The van der Waals surface area contributed by atoms with Gasteiger partial charge in [0.25, 0.3) is 0 Å². The van der Waals surface area contributed by atoms with E-state index in [4.69, 9.17) is 0 Å². The number of imidazole rings is 1. The van der Waals surface area contributed by atoms with Gasteiger partial charge in [0.15, 0.2) is 17.0 Å². The van der Waals surface area contributed by atoms with E-state index in [1.165, 1.54) is 12.4 Å². The van der Waals surface area contributed by atoms with Crippen LogP contribution in [-0.4, -0.2) is 25.0 Å². The van der Waals surface area contributed by atoms with Crippen LogP contribution in [0.2, 0.25) is 0 Å². The maximum Gasteiger partial charge on any atom is 0.317 e. The smallest absolute Gasteiger partial charge is 0.317 e. The fourth-order valence-electron chi connectivity index (χ4n) is 1.60. The molecule has 2 heterocycles. The predicted molar refractivity (Wildman–Crippen MR) is 63.0 cm³/mol. The van der Waals surface area contributed by atoms with Gasteiger partial charge in [-0.1, -0.05) is 12.1 Å². The number of nitrogens with zero attached hydrogens (tertiary/aromatic N) is 3. The van der Waals surface area contributed by atoms with Gasteiger partial charge in [-0.25, -0.2) is 9.37 Å². The highest BCUT2D eigenvalue weighted by Gasteiger charge is 2.11. The summed E-state index contributed by atoms with van der Waals surface area (Å²) in [7, 11) is 0. The maximum absolute atomic E-state index is 13.5.